The molecule has 0 bridgehead atoms. The number of carbonyl (C=O) groups excluding carboxylic acids is 1. The number of likely N-dealkylation sites (tertiary alicyclic amines) is 1. The zero-order valence-corrected chi connectivity index (χ0v) is 10.5. The van der Waals surface area contributed by atoms with Gasteiger partial charge in [0, 0.05) is 19.7 Å². The number of carbonyl (C=O) groups is 2. The van der Waals surface area contributed by atoms with Gasteiger partial charge < -0.3 is 15.1 Å². The zero-order valence-electron chi connectivity index (χ0n) is 10.5. The lowest BCUT2D eigenvalue weighted by Gasteiger charge is -2.34. The molecule has 0 aromatic rings. The van der Waals surface area contributed by atoms with E-state index in [1.54, 1.807) is 4.90 Å². The summed E-state index contributed by atoms with van der Waals surface area (Å²) in [6.07, 6.45) is 3.98. The Morgan fingerprint density at radius 1 is 1.11 bits per heavy atom. The van der Waals surface area contributed by atoms with Crippen molar-refractivity contribution in [3.8, 4) is 0 Å². The van der Waals surface area contributed by atoms with Crippen molar-refractivity contribution < 1.29 is 19.8 Å². The van der Waals surface area contributed by atoms with Gasteiger partial charge in [0.05, 0.1) is 11.8 Å². The van der Waals surface area contributed by atoms with Crippen LogP contribution in [-0.4, -0.2) is 46.7 Å². The van der Waals surface area contributed by atoms with E-state index >= 15 is 0 Å². The predicted molar refractivity (Wildman–Crippen MR) is 64.9 cm³/mol. The number of rotatable bonds is 3. The molecule has 2 aliphatic rings. The highest BCUT2D eigenvalue weighted by Gasteiger charge is 2.40. The van der Waals surface area contributed by atoms with Gasteiger partial charge in [0.25, 0.3) is 0 Å². The van der Waals surface area contributed by atoms with Gasteiger partial charge in [0.2, 0.25) is 5.91 Å². The van der Waals surface area contributed by atoms with Gasteiger partial charge in [0.15, 0.2) is 0 Å². The standard InChI is InChI=1S/C13H21NO4/c15-8-9-3-2-6-14(7-9)12(16)10-4-1-5-11(10)13(17)18/h9-11,15H,1-8H2,(H,17,18). The Balaban J connectivity index is 1.99. The van der Waals surface area contributed by atoms with E-state index in [9.17, 15) is 9.59 Å². The lowest BCUT2D eigenvalue weighted by Crippen LogP contribution is -2.45. The first-order valence-electron chi connectivity index (χ1n) is 6.76. The van der Waals surface area contributed by atoms with E-state index in [2.05, 4.69) is 0 Å². The van der Waals surface area contributed by atoms with E-state index in [0.29, 0.717) is 25.9 Å². The summed E-state index contributed by atoms with van der Waals surface area (Å²) < 4.78 is 0. The lowest BCUT2D eigenvalue weighted by molar-refractivity contribution is -0.150. The van der Waals surface area contributed by atoms with Gasteiger partial charge >= 0.3 is 5.97 Å². The quantitative estimate of drug-likeness (QED) is 0.779. The third-order valence-electron chi connectivity index (χ3n) is 4.24. The minimum atomic E-state index is -0.846. The predicted octanol–water partition coefficient (Wildman–Crippen LogP) is 0.718. The topological polar surface area (TPSA) is 77.8 Å². The zero-order chi connectivity index (χ0) is 13.1. The number of aliphatic carboxylic acids is 1. The Morgan fingerprint density at radius 2 is 1.83 bits per heavy atom. The van der Waals surface area contributed by atoms with Gasteiger partial charge in [-0.05, 0) is 31.6 Å². The van der Waals surface area contributed by atoms with Crippen molar-refractivity contribution in [3.05, 3.63) is 0 Å². The minimum Gasteiger partial charge on any atom is -0.481 e. The molecule has 1 aliphatic carbocycles. The van der Waals surface area contributed by atoms with E-state index < -0.39 is 11.9 Å². The molecule has 5 nitrogen and oxygen atoms in total. The third kappa shape index (κ3) is 2.66. The smallest absolute Gasteiger partial charge is 0.307 e. The Labute approximate surface area is 107 Å². The molecule has 0 radical (unpaired) electrons. The van der Waals surface area contributed by atoms with Crippen LogP contribution < -0.4 is 0 Å². The number of aliphatic hydroxyl groups is 1. The normalized spacial score (nSPS) is 32.5. The van der Waals surface area contributed by atoms with Crippen LogP contribution in [0, 0.1) is 17.8 Å². The first-order chi connectivity index (χ1) is 8.63. The number of aliphatic hydroxyl groups excluding tert-OH is 1. The summed E-state index contributed by atoms with van der Waals surface area (Å²) in [5.41, 5.74) is 0. The Morgan fingerprint density at radius 3 is 2.50 bits per heavy atom. The van der Waals surface area contributed by atoms with Crippen LogP contribution in [0.3, 0.4) is 0 Å². The molecular formula is C13H21NO4. The first-order valence-corrected chi connectivity index (χ1v) is 6.76. The molecule has 2 fully saturated rings. The second-order valence-corrected chi connectivity index (χ2v) is 5.46. The summed E-state index contributed by atoms with van der Waals surface area (Å²) in [6.45, 7) is 1.40. The minimum absolute atomic E-state index is 0.0157. The van der Waals surface area contributed by atoms with Crippen molar-refractivity contribution in [2.45, 2.75) is 32.1 Å². The van der Waals surface area contributed by atoms with Gasteiger partial charge in [-0.2, -0.15) is 0 Å². The summed E-state index contributed by atoms with van der Waals surface area (Å²) in [6, 6.07) is 0. The molecule has 1 aliphatic heterocycles. The van der Waals surface area contributed by atoms with Gasteiger partial charge in [-0.25, -0.2) is 0 Å². The van der Waals surface area contributed by atoms with Crippen LogP contribution in [0.1, 0.15) is 32.1 Å². The van der Waals surface area contributed by atoms with E-state index in [4.69, 9.17) is 10.2 Å². The Kier molecular flexibility index (Phi) is 4.22. The average Bonchev–Trinajstić information content (AvgIpc) is 2.87. The van der Waals surface area contributed by atoms with Crippen LogP contribution in [0.25, 0.3) is 0 Å². The maximum Gasteiger partial charge on any atom is 0.307 e. The van der Waals surface area contributed by atoms with E-state index in [0.717, 1.165) is 19.3 Å². The summed E-state index contributed by atoms with van der Waals surface area (Å²) in [5.74, 6) is -1.56. The molecule has 2 N–H and O–H groups in total. The Bertz CT molecular complexity index is 331. The molecule has 1 heterocycles. The van der Waals surface area contributed by atoms with Gasteiger partial charge in [-0.1, -0.05) is 6.42 Å². The fourth-order valence-corrected chi connectivity index (χ4v) is 3.20. The van der Waals surface area contributed by atoms with Crippen LogP contribution in [-0.2, 0) is 9.59 Å². The monoisotopic (exact) mass is 255 g/mol. The lowest BCUT2D eigenvalue weighted by atomic mass is 9.92. The fourth-order valence-electron chi connectivity index (χ4n) is 3.20. The molecule has 0 aromatic carbocycles. The molecule has 5 heteroatoms. The fraction of sp³-hybridized carbons (Fsp3) is 0.846. The number of hydrogen-bond acceptors (Lipinski definition) is 3. The van der Waals surface area contributed by atoms with Crippen LogP contribution in [0.4, 0.5) is 0 Å². The highest BCUT2D eigenvalue weighted by Crippen LogP contribution is 2.34. The van der Waals surface area contributed by atoms with Crippen molar-refractivity contribution in [2.24, 2.45) is 17.8 Å². The van der Waals surface area contributed by atoms with Gasteiger partial charge in [-0.3, -0.25) is 9.59 Å². The third-order valence-corrected chi connectivity index (χ3v) is 4.24. The second-order valence-electron chi connectivity index (χ2n) is 5.46. The molecule has 18 heavy (non-hydrogen) atoms. The van der Waals surface area contributed by atoms with Crippen LogP contribution >= 0.6 is 0 Å². The van der Waals surface area contributed by atoms with Gasteiger partial charge in [-0.15, -0.1) is 0 Å². The molecule has 1 amide bonds. The summed E-state index contributed by atoms with van der Waals surface area (Å²) in [4.78, 5) is 25.2. The van der Waals surface area contributed by atoms with E-state index in [1.165, 1.54) is 0 Å². The average molecular weight is 255 g/mol. The number of amides is 1. The number of piperidine rings is 1. The second kappa shape index (κ2) is 5.69. The molecular weight excluding hydrogens is 234 g/mol. The van der Waals surface area contributed by atoms with Gasteiger partial charge in [0.1, 0.15) is 0 Å². The Hall–Kier alpha value is -1.10. The van der Waals surface area contributed by atoms with E-state index in [1.807, 2.05) is 0 Å². The number of hydrogen-bond donors (Lipinski definition) is 2. The molecule has 0 spiro atoms. The molecule has 3 unspecified atom stereocenters. The summed E-state index contributed by atoms with van der Waals surface area (Å²) in [7, 11) is 0. The SMILES string of the molecule is O=C(O)C1CCCC1C(=O)N1CCCC(CO)C1. The van der Waals surface area contributed by atoms with Crippen molar-refractivity contribution in [1.29, 1.82) is 0 Å². The largest absolute Gasteiger partial charge is 0.481 e. The molecule has 3 atom stereocenters. The van der Waals surface area contributed by atoms with Crippen molar-refractivity contribution in [1.82, 2.24) is 4.90 Å². The van der Waals surface area contributed by atoms with Crippen LogP contribution in [0.2, 0.25) is 0 Å². The van der Waals surface area contributed by atoms with Crippen LogP contribution in [0.5, 0.6) is 0 Å². The highest BCUT2D eigenvalue weighted by molar-refractivity contribution is 5.85. The first kappa shape index (κ1) is 13.3. The highest BCUT2D eigenvalue weighted by atomic mass is 16.4. The number of carboxylic acids is 1. The van der Waals surface area contributed by atoms with Crippen LogP contribution in [0.15, 0.2) is 0 Å². The molecule has 1 saturated carbocycles. The van der Waals surface area contributed by atoms with Crippen molar-refractivity contribution >= 4 is 11.9 Å². The number of carboxylic acid groups (broad SMARTS) is 1. The maximum absolute atomic E-state index is 12.4. The molecule has 1 saturated heterocycles. The van der Waals surface area contributed by atoms with E-state index in [-0.39, 0.29) is 24.3 Å². The molecule has 2 rings (SSSR count). The van der Waals surface area contributed by atoms with Crippen molar-refractivity contribution in [2.75, 3.05) is 19.7 Å². The maximum atomic E-state index is 12.4. The number of nitrogens with zero attached hydrogens (tertiary/aromatic N) is 1. The summed E-state index contributed by atoms with van der Waals surface area (Å²) in [5, 5.41) is 18.3. The van der Waals surface area contributed by atoms with Crippen molar-refractivity contribution in [3.63, 3.8) is 0 Å². The molecule has 0 aromatic heterocycles. The molecule has 102 valence electrons. The summed E-state index contributed by atoms with van der Waals surface area (Å²) >= 11 is 0.